The summed E-state index contributed by atoms with van der Waals surface area (Å²) in [5.74, 6) is 1.11. The first-order valence-corrected chi connectivity index (χ1v) is 36.2. The predicted octanol–water partition coefficient (Wildman–Crippen LogP) is 9.74. The summed E-state index contributed by atoms with van der Waals surface area (Å²) in [5, 5.41) is 40.5. The van der Waals surface area contributed by atoms with E-state index in [1.54, 1.807) is 37.1 Å². The number of aliphatic hydroxyl groups is 3. The molecule has 4 aromatic heterocycles. The van der Waals surface area contributed by atoms with Crippen molar-refractivity contribution >= 4 is 84.3 Å². The molecule has 1 aliphatic carbocycles. The van der Waals surface area contributed by atoms with Crippen molar-refractivity contribution in [2.24, 2.45) is 0 Å². The first-order valence-electron chi connectivity index (χ1n) is 30.0. The highest BCUT2D eigenvalue weighted by atomic mass is 32.4. The van der Waals surface area contributed by atoms with Crippen LogP contribution in [0.25, 0.3) is 33.1 Å². The molecule has 9 aromatic rings. The van der Waals surface area contributed by atoms with Gasteiger partial charge in [-0.1, -0.05) is 131 Å². The van der Waals surface area contributed by atoms with Crippen LogP contribution in [0.4, 0.5) is 11.6 Å². The minimum Gasteiger partial charge on any atom is -0.497 e. The number of carbonyl (C=O) groups is 1. The van der Waals surface area contributed by atoms with Crippen LogP contribution in [0.2, 0.25) is 0 Å². The average molecular weight is 1350 g/mol. The molecule has 7 N–H and O–H groups in total. The number of methoxy groups -OCH3 is 2. The number of ether oxygens (including phenoxy) is 7. The number of nitrogens with two attached hydrogens (primary N) is 1. The summed E-state index contributed by atoms with van der Waals surface area (Å²) in [4.78, 5) is 39.4. The lowest BCUT2D eigenvalue weighted by Gasteiger charge is -2.37. The molecule has 15 atom stereocenters. The minimum absolute atomic E-state index is 0. The van der Waals surface area contributed by atoms with Crippen molar-refractivity contribution in [3.8, 4) is 11.5 Å². The summed E-state index contributed by atoms with van der Waals surface area (Å²) < 4.78 is 70.5. The number of nitrogen functional groups attached to an aromatic ring is 1. The van der Waals surface area contributed by atoms with Gasteiger partial charge in [-0.05, 0) is 86.7 Å². The molecule has 13 rings (SSSR count). The number of nitrogens with zero attached hydrogens (tertiary/aromatic N) is 8. The van der Waals surface area contributed by atoms with Crippen LogP contribution in [-0.2, 0) is 47.8 Å². The number of carbonyl (C=O) groups excluding carboxylic acids is 1. The van der Waals surface area contributed by atoms with Crippen molar-refractivity contribution in [3.05, 3.63) is 169 Å². The first kappa shape index (κ1) is 69.1. The van der Waals surface area contributed by atoms with Crippen LogP contribution < -0.4 is 25.4 Å². The van der Waals surface area contributed by atoms with Gasteiger partial charge < -0.3 is 64.1 Å². The number of rotatable bonds is 19. The van der Waals surface area contributed by atoms with E-state index in [4.69, 9.17) is 57.9 Å². The van der Waals surface area contributed by atoms with E-state index in [1.807, 2.05) is 78.9 Å². The molecule has 3 aliphatic heterocycles. The second-order valence-electron chi connectivity index (χ2n) is 22.5. The Labute approximate surface area is 544 Å². The van der Waals surface area contributed by atoms with Crippen LogP contribution >= 0.6 is 33.6 Å². The van der Waals surface area contributed by atoms with Crippen molar-refractivity contribution in [2.75, 3.05) is 25.3 Å². The monoisotopic (exact) mass is 1350 g/mol. The molecule has 0 spiro atoms. The topological polar surface area (TPSA) is 315 Å². The Morgan fingerprint density at radius 2 is 1.29 bits per heavy atom. The average Bonchev–Trinajstić information content (AvgIpc) is 1.74. The molecule has 5 aromatic carbocycles. The van der Waals surface area contributed by atoms with Gasteiger partial charge in [0.25, 0.3) is 6.48 Å². The van der Waals surface area contributed by atoms with Gasteiger partial charge in [-0.3, -0.25) is 18.5 Å². The van der Waals surface area contributed by atoms with Gasteiger partial charge in [0.15, 0.2) is 40.9 Å². The maximum absolute atomic E-state index is 14.5. The Hall–Kier alpha value is -6.75. The summed E-state index contributed by atoms with van der Waals surface area (Å²) in [5.41, 5.74) is 9.71. The molecule has 29 heteroatoms. The van der Waals surface area contributed by atoms with E-state index >= 15 is 0 Å². The number of fused-ring (bicyclic) bond motifs is 4. The van der Waals surface area contributed by atoms with Gasteiger partial charge in [-0.15, -0.1) is 17.9 Å². The van der Waals surface area contributed by atoms with Gasteiger partial charge in [0.2, 0.25) is 0 Å². The Kier molecular flexibility index (Phi) is 22.9. The van der Waals surface area contributed by atoms with Crippen molar-refractivity contribution < 1.29 is 66.9 Å². The SMILES string of the molecule is C.COc1ccc(C(Nc2ncnc3c2ncn3[C@@H]2O[C@H]([C@H](C)O)[C@H]3OC(OC)O[C@H]32)(c2ccccc2)c2ccccc2)cc1.C[C@H](NP(=O)(Oc1cccc2ccccc12)O[C@@H](C)[C@H]1O[C@@H](n2cnc3c(N)ncnc32)[C@H](O)[C@@H]1O)C(=O)OC1CCCCC1.PPP. The molecule has 4 aliphatic rings. The fraction of sp³-hybridized carbons (Fsp3) is 0.391. The summed E-state index contributed by atoms with van der Waals surface area (Å²) >= 11 is 0. The maximum atomic E-state index is 14.5. The number of aromatic nitrogens is 8. The Bertz CT molecular complexity index is 3930. The molecular weight excluding hydrogens is 1270 g/mol. The van der Waals surface area contributed by atoms with Gasteiger partial charge in [0.05, 0.1) is 32.0 Å². The lowest BCUT2D eigenvalue weighted by Crippen LogP contribution is -2.41. The Morgan fingerprint density at radius 1 is 0.710 bits per heavy atom. The molecule has 0 bridgehead atoms. The number of aliphatic hydroxyl groups excluding tert-OH is 3. The standard InChI is InChI=1S/C33H33N5O6.C30H37N6O8P.CH4.H5P3/c1-20(39)26-27-28(44-32(41-3)43-27)31(42-26)38-19-36-25-29(34-18-35-30(25)38)37-33(21-10-6-4-7-11-21,22-12-8-5-9-13-22)23-14-16-24(40-2)17-15-23;1-17(30(39)41-20-11-4-3-5-12-20)35-45(40,44-22-14-8-10-19-9-6-7-13-21(19)22)43-18(2)26-24(37)25(38)29(42-26)36-16-34-23-27(31)32-15-33-28(23)36;;1-3-2/h4-20,26-28,31-32,39H,1-3H3,(H,34,35,37);6-10,13-18,20,24-26,29,37-38H,3-5,11-12H2,1-2H3,(H,35,40)(H2,31,32,33);1H4;3H,1-2H2/t20-,26+,27+,28+,31+,32?;17-,18-,24-,25+,26+,29+,45?;;/m00../s1. The molecule has 1 saturated carbocycles. The first-order chi connectivity index (χ1) is 44.6. The van der Waals surface area contributed by atoms with Crippen LogP contribution in [0.1, 0.15) is 89.4 Å². The molecular formula is C64H79N11O14P4. The molecule has 0 radical (unpaired) electrons. The molecule has 0 amide bonds. The quantitative estimate of drug-likeness (QED) is 0.0249. The Balaban J connectivity index is 0.000000193. The zero-order valence-corrected chi connectivity index (χ0v) is 55.3. The number of esters is 1. The lowest BCUT2D eigenvalue weighted by atomic mass is 9.77. The van der Waals surface area contributed by atoms with E-state index in [1.165, 1.54) is 44.5 Å². The number of benzene rings is 5. The number of hydrogen-bond donors (Lipinski definition) is 6. The van der Waals surface area contributed by atoms with Gasteiger partial charge in [0.1, 0.15) is 84.0 Å². The van der Waals surface area contributed by atoms with Crippen LogP contribution in [0.5, 0.6) is 11.5 Å². The van der Waals surface area contributed by atoms with E-state index in [0.29, 0.717) is 33.5 Å². The number of anilines is 2. The van der Waals surface area contributed by atoms with Crippen molar-refractivity contribution in [3.63, 3.8) is 0 Å². The van der Waals surface area contributed by atoms with Crippen LogP contribution in [-0.4, -0.2) is 142 Å². The van der Waals surface area contributed by atoms with Gasteiger partial charge in [0, 0.05) is 12.5 Å². The Morgan fingerprint density at radius 3 is 1.95 bits per heavy atom. The molecule has 494 valence electrons. The second-order valence-corrected chi connectivity index (χ2v) is 28.5. The van der Waals surface area contributed by atoms with Gasteiger partial charge in [-0.2, -0.15) is 5.09 Å². The van der Waals surface area contributed by atoms with E-state index in [2.05, 4.69) is 84.6 Å². The number of hydrogen-bond acceptors (Lipinski definition) is 22. The smallest absolute Gasteiger partial charge is 0.459 e. The zero-order chi connectivity index (χ0) is 64.7. The third kappa shape index (κ3) is 14.7. The number of imidazole rings is 2. The lowest BCUT2D eigenvalue weighted by molar-refractivity contribution is -0.259. The molecule has 7 heterocycles. The van der Waals surface area contributed by atoms with Crippen LogP contribution in [0.15, 0.2) is 153 Å². The molecule has 4 fully saturated rings. The fourth-order valence-corrected chi connectivity index (χ4v) is 13.8. The normalized spacial score (nSPS) is 23.7. The largest absolute Gasteiger partial charge is 0.497 e. The third-order valence-electron chi connectivity index (χ3n) is 16.5. The highest BCUT2D eigenvalue weighted by molar-refractivity contribution is 8.33. The van der Waals surface area contributed by atoms with Crippen LogP contribution in [0.3, 0.4) is 0 Å². The predicted molar refractivity (Wildman–Crippen MR) is 359 cm³/mol. The van der Waals surface area contributed by atoms with E-state index in [0.717, 1.165) is 67.9 Å². The summed E-state index contributed by atoms with van der Waals surface area (Å²) in [6.07, 6.45) is 0.768. The molecule has 93 heavy (non-hydrogen) atoms. The van der Waals surface area contributed by atoms with Crippen molar-refractivity contribution in [1.29, 1.82) is 0 Å². The molecule has 25 nitrogen and oxygen atoms in total. The number of nitrogens with one attached hydrogen (secondary N) is 2. The third-order valence-corrected chi connectivity index (χ3v) is 18.3. The zero-order valence-electron chi connectivity index (χ0n) is 51.1. The summed E-state index contributed by atoms with van der Waals surface area (Å²) in [6.45, 7) is 3.86. The van der Waals surface area contributed by atoms with E-state index < -0.39 is 93.1 Å². The van der Waals surface area contributed by atoms with Gasteiger partial charge >= 0.3 is 13.7 Å². The minimum atomic E-state index is -4.37. The highest BCUT2D eigenvalue weighted by Crippen LogP contribution is 2.50. The van der Waals surface area contributed by atoms with E-state index in [9.17, 15) is 24.7 Å². The van der Waals surface area contributed by atoms with Crippen LogP contribution in [0, 0.1) is 0 Å². The van der Waals surface area contributed by atoms with E-state index in [-0.39, 0.29) is 25.1 Å². The van der Waals surface area contributed by atoms with Gasteiger partial charge in [-0.25, -0.2) is 34.5 Å². The molecule has 4 unspecified atom stereocenters. The maximum Gasteiger partial charge on any atom is 0.459 e. The summed E-state index contributed by atoms with van der Waals surface area (Å²) in [7, 11) is 4.85. The van der Waals surface area contributed by atoms with Crippen molar-refractivity contribution in [2.45, 2.75) is 146 Å². The highest BCUT2D eigenvalue weighted by Gasteiger charge is 2.56. The molecule has 3 saturated heterocycles. The summed E-state index contributed by atoms with van der Waals surface area (Å²) in [6, 6.07) is 40.1. The fourth-order valence-electron chi connectivity index (χ4n) is 12.1. The second kappa shape index (κ2) is 30.8. The van der Waals surface area contributed by atoms with Crippen molar-refractivity contribution in [1.82, 2.24) is 44.1 Å².